The summed E-state index contributed by atoms with van der Waals surface area (Å²) in [4.78, 5) is 2.42. The van der Waals surface area contributed by atoms with Gasteiger partial charge >= 0.3 is 0 Å². The lowest BCUT2D eigenvalue weighted by molar-refractivity contribution is 0.548. The van der Waals surface area contributed by atoms with Crippen LogP contribution in [0.2, 0.25) is 0 Å². The molecule has 0 aliphatic rings. The lowest BCUT2D eigenvalue weighted by Crippen LogP contribution is -2.34. The van der Waals surface area contributed by atoms with Crippen LogP contribution in [-0.2, 0) is 0 Å². The van der Waals surface area contributed by atoms with E-state index in [0.29, 0.717) is 12.0 Å². The van der Waals surface area contributed by atoms with Gasteiger partial charge in [-0.15, -0.1) is 0 Å². The average Bonchev–Trinajstić information content (AvgIpc) is 2.90. The van der Waals surface area contributed by atoms with Gasteiger partial charge in [0.1, 0.15) is 0 Å². The largest absolute Gasteiger partial charge is 0.371 e. The Balaban J connectivity index is 1.40. The molecule has 0 saturated carbocycles. The molecule has 168 valence electrons. The quantitative estimate of drug-likeness (QED) is 0.244. The number of likely N-dealkylation sites (N-methyl/N-ethyl adjacent to an activating group) is 1. The van der Waals surface area contributed by atoms with Crippen molar-refractivity contribution in [1.29, 1.82) is 0 Å². The topological polar surface area (TPSA) is 3.24 Å². The van der Waals surface area contributed by atoms with Crippen LogP contribution in [0.4, 0.5) is 5.69 Å². The summed E-state index contributed by atoms with van der Waals surface area (Å²) in [5.41, 5.74) is 3.89. The number of nitrogens with zero attached hydrogens (tertiary/aromatic N) is 1. The standard InChI is InChI=1S/C33H31N/c1-25(34(2)32-22-21-28-13-7-9-17-31(28)24-32)33(29-14-4-3-5-15-29)18-10-11-26-19-20-27-12-6-8-16-30(27)23-26/h3-17,19-25,33H,18H2,1-2H3. The van der Waals surface area contributed by atoms with Crippen LogP contribution in [0.25, 0.3) is 27.6 Å². The molecule has 0 aliphatic heterocycles. The lowest BCUT2D eigenvalue weighted by Gasteiger charge is -2.34. The monoisotopic (exact) mass is 441 g/mol. The van der Waals surface area contributed by atoms with Crippen LogP contribution in [-0.4, -0.2) is 13.1 Å². The van der Waals surface area contributed by atoms with Gasteiger partial charge in [0.2, 0.25) is 0 Å². The molecule has 0 aliphatic carbocycles. The molecule has 2 unspecified atom stereocenters. The predicted octanol–water partition coefficient (Wildman–Crippen LogP) is 8.71. The summed E-state index contributed by atoms with van der Waals surface area (Å²) in [6.45, 7) is 2.34. The third kappa shape index (κ3) is 4.75. The minimum absolute atomic E-state index is 0.338. The number of hydrogen-bond acceptors (Lipinski definition) is 1. The zero-order valence-electron chi connectivity index (χ0n) is 19.9. The normalized spacial score (nSPS) is 13.4. The molecule has 0 aromatic heterocycles. The van der Waals surface area contributed by atoms with Gasteiger partial charge in [0.25, 0.3) is 0 Å². The Kier molecular flexibility index (Phi) is 6.44. The van der Waals surface area contributed by atoms with Crippen LogP contribution in [0.1, 0.15) is 30.4 Å². The van der Waals surface area contributed by atoms with E-state index in [-0.39, 0.29) is 0 Å². The molecule has 5 aromatic carbocycles. The van der Waals surface area contributed by atoms with E-state index < -0.39 is 0 Å². The predicted molar refractivity (Wildman–Crippen MR) is 149 cm³/mol. The number of allylic oxidation sites excluding steroid dienone is 1. The maximum Gasteiger partial charge on any atom is 0.0372 e. The molecule has 5 rings (SSSR count). The first-order valence-corrected chi connectivity index (χ1v) is 12.1. The van der Waals surface area contributed by atoms with E-state index in [1.54, 1.807) is 0 Å². The number of rotatable bonds is 7. The van der Waals surface area contributed by atoms with Gasteiger partial charge in [-0.1, -0.05) is 109 Å². The van der Waals surface area contributed by atoms with E-state index in [9.17, 15) is 0 Å². The summed E-state index contributed by atoms with van der Waals surface area (Å²) in [7, 11) is 2.22. The molecule has 0 radical (unpaired) electrons. The Morgan fingerprint density at radius 1 is 0.647 bits per heavy atom. The molecule has 0 bridgehead atoms. The first kappa shape index (κ1) is 22.0. The minimum Gasteiger partial charge on any atom is -0.371 e. The van der Waals surface area contributed by atoms with E-state index in [4.69, 9.17) is 0 Å². The van der Waals surface area contributed by atoms with E-state index >= 15 is 0 Å². The molecule has 1 nitrogen and oxygen atoms in total. The Labute approximate surface area is 203 Å². The second-order valence-electron chi connectivity index (χ2n) is 9.14. The molecule has 0 saturated heterocycles. The van der Waals surface area contributed by atoms with Gasteiger partial charge in [0.05, 0.1) is 0 Å². The van der Waals surface area contributed by atoms with Crippen molar-refractivity contribution >= 4 is 33.3 Å². The number of anilines is 1. The fraction of sp³-hybridized carbons (Fsp3) is 0.152. The van der Waals surface area contributed by atoms with Gasteiger partial charge in [0.15, 0.2) is 0 Å². The Hall–Kier alpha value is -3.84. The Bertz CT molecular complexity index is 1420. The fourth-order valence-corrected chi connectivity index (χ4v) is 4.88. The van der Waals surface area contributed by atoms with Gasteiger partial charge in [-0.3, -0.25) is 0 Å². The van der Waals surface area contributed by atoms with Gasteiger partial charge in [0, 0.05) is 24.7 Å². The maximum absolute atomic E-state index is 2.42. The van der Waals surface area contributed by atoms with Crippen LogP contribution in [0.15, 0.2) is 121 Å². The number of hydrogen-bond donors (Lipinski definition) is 0. The highest BCUT2D eigenvalue weighted by Gasteiger charge is 2.22. The Morgan fingerprint density at radius 2 is 1.24 bits per heavy atom. The van der Waals surface area contributed by atoms with Crippen molar-refractivity contribution < 1.29 is 0 Å². The number of fused-ring (bicyclic) bond motifs is 2. The highest BCUT2D eigenvalue weighted by molar-refractivity contribution is 5.86. The SMILES string of the molecule is CC(C(CC=Cc1ccc2ccccc2c1)c1ccccc1)N(C)c1ccc2ccccc2c1. The molecule has 0 spiro atoms. The van der Waals surface area contributed by atoms with Crippen LogP contribution < -0.4 is 4.90 Å². The van der Waals surface area contributed by atoms with Crippen LogP contribution in [0, 0.1) is 0 Å². The molecule has 34 heavy (non-hydrogen) atoms. The molecule has 0 N–H and O–H groups in total. The summed E-state index contributed by atoms with van der Waals surface area (Å²) in [5, 5.41) is 5.14. The zero-order valence-corrected chi connectivity index (χ0v) is 19.9. The summed E-state index contributed by atoms with van der Waals surface area (Å²) >= 11 is 0. The second kappa shape index (κ2) is 9.97. The van der Waals surface area contributed by atoms with Crippen LogP contribution >= 0.6 is 0 Å². The third-order valence-electron chi connectivity index (χ3n) is 7.04. The van der Waals surface area contributed by atoms with E-state index in [2.05, 4.69) is 146 Å². The van der Waals surface area contributed by atoms with Crippen molar-refractivity contribution in [3.05, 3.63) is 132 Å². The summed E-state index contributed by atoms with van der Waals surface area (Å²) in [6, 6.07) is 41.8. The smallest absolute Gasteiger partial charge is 0.0372 e. The Morgan fingerprint density at radius 3 is 1.94 bits per heavy atom. The van der Waals surface area contributed by atoms with Crippen molar-refractivity contribution in [3.8, 4) is 0 Å². The summed E-state index contributed by atoms with van der Waals surface area (Å²) < 4.78 is 0. The molecular formula is C33H31N. The maximum atomic E-state index is 2.42. The van der Waals surface area contributed by atoms with Crippen molar-refractivity contribution in [2.45, 2.75) is 25.3 Å². The first-order valence-electron chi connectivity index (χ1n) is 12.1. The average molecular weight is 442 g/mol. The second-order valence-corrected chi connectivity index (χ2v) is 9.14. The van der Waals surface area contributed by atoms with E-state index in [1.165, 1.54) is 38.4 Å². The third-order valence-corrected chi connectivity index (χ3v) is 7.04. The van der Waals surface area contributed by atoms with Crippen molar-refractivity contribution in [1.82, 2.24) is 0 Å². The lowest BCUT2D eigenvalue weighted by atomic mass is 9.88. The van der Waals surface area contributed by atoms with Gasteiger partial charge < -0.3 is 4.90 Å². The van der Waals surface area contributed by atoms with E-state index in [0.717, 1.165) is 6.42 Å². The first-order chi connectivity index (χ1) is 16.7. The van der Waals surface area contributed by atoms with Crippen molar-refractivity contribution in [2.75, 3.05) is 11.9 Å². The van der Waals surface area contributed by atoms with Crippen molar-refractivity contribution in [3.63, 3.8) is 0 Å². The molecule has 0 fully saturated rings. The minimum atomic E-state index is 0.338. The van der Waals surface area contributed by atoms with Crippen LogP contribution in [0.3, 0.4) is 0 Å². The van der Waals surface area contributed by atoms with Gasteiger partial charge in [-0.25, -0.2) is 0 Å². The van der Waals surface area contributed by atoms with Gasteiger partial charge in [-0.05, 0) is 64.2 Å². The molecule has 5 aromatic rings. The summed E-state index contributed by atoms with van der Waals surface area (Å²) in [6.07, 6.45) is 5.59. The molecule has 0 heterocycles. The number of benzene rings is 5. The molecule has 2 atom stereocenters. The van der Waals surface area contributed by atoms with Crippen LogP contribution in [0.5, 0.6) is 0 Å². The molecular weight excluding hydrogens is 410 g/mol. The zero-order chi connectivity index (χ0) is 23.3. The highest BCUT2D eigenvalue weighted by atomic mass is 15.1. The highest BCUT2D eigenvalue weighted by Crippen LogP contribution is 2.31. The van der Waals surface area contributed by atoms with Crippen molar-refractivity contribution in [2.24, 2.45) is 0 Å². The van der Waals surface area contributed by atoms with E-state index in [1.807, 2.05) is 0 Å². The fourth-order valence-electron chi connectivity index (χ4n) is 4.88. The molecule has 0 amide bonds. The van der Waals surface area contributed by atoms with Gasteiger partial charge in [-0.2, -0.15) is 0 Å². The summed E-state index contributed by atoms with van der Waals surface area (Å²) in [5.74, 6) is 0.384. The molecule has 1 heteroatoms.